The quantitative estimate of drug-likeness (QED) is 0.848. The number of benzene rings is 2. The molecule has 0 spiro atoms. The lowest BCUT2D eigenvalue weighted by molar-refractivity contribution is 0.328. The van der Waals surface area contributed by atoms with E-state index in [-0.39, 0.29) is 0 Å². The summed E-state index contributed by atoms with van der Waals surface area (Å²) in [4.78, 5) is 0. The van der Waals surface area contributed by atoms with Crippen molar-refractivity contribution >= 4 is 16.5 Å². The van der Waals surface area contributed by atoms with Crippen LogP contribution in [0.5, 0.6) is 0 Å². The van der Waals surface area contributed by atoms with Gasteiger partial charge in [-0.15, -0.1) is 0 Å². The minimum absolute atomic E-state index is 0.488. The number of nitrogens with zero attached hydrogens (tertiary/aromatic N) is 1. The number of anilines is 1. The van der Waals surface area contributed by atoms with E-state index in [2.05, 4.69) is 30.4 Å². The van der Waals surface area contributed by atoms with Crippen molar-refractivity contribution in [3.63, 3.8) is 0 Å². The Bertz CT molecular complexity index is 663. The molecule has 0 aliphatic heterocycles. The van der Waals surface area contributed by atoms with Gasteiger partial charge >= 0.3 is 0 Å². The second-order valence-corrected chi connectivity index (χ2v) is 6.15. The summed E-state index contributed by atoms with van der Waals surface area (Å²) in [5.41, 5.74) is 1.91. The first-order valence-electron chi connectivity index (χ1n) is 7.98. The van der Waals surface area contributed by atoms with Crippen LogP contribution in [-0.4, -0.2) is 6.04 Å². The van der Waals surface area contributed by atoms with E-state index >= 15 is 0 Å². The number of hydrogen-bond donors (Lipinski definition) is 1. The number of nitrogens with one attached hydrogen (secondary N) is 1. The molecule has 2 heteroatoms. The van der Waals surface area contributed by atoms with Gasteiger partial charge < -0.3 is 5.32 Å². The lowest BCUT2D eigenvalue weighted by atomic mass is 9.84. The molecule has 2 aromatic carbocycles. The van der Waals surface area contributed by atoms with E-state index < -0.39 is 0 Å². The Kier molecular flexibility index (Phi) is 4.10. The maximum absolute atomic E-state index is 9.24. The van der Waals surface area contributed by atoms with Gasteiger partial charge in [-0.25, -0.2) is 0 Å². The smallest absolute Gasteiger partial charge is 0.0998 e. The molecular formula is C19H22N2. The van der Waals surface area contributed by atoms with Gasteiger partial charge in [-0.1, -0.05) is 43.5 Å². The largest absolute Gasteiger partial charge is 0.382 e. The summed E-state index contributed by atoms with van der Waals surface area (Å²) >= 11 is 0. The van der Waals surface area contributed by atoms with E-state index in [0.717, 1.165) is 27.9 Å². The van der Waals surface area contributed by atoms with Crippen molar-refractivity contribution in [3.8, 4) is 6.07 Å². The standard InChI is InChI=1S/C19H22N2/c1-14(15-7-3-2-4-8-15)21-19-12-11-16(13-20)17-9-5-6-10-18(17)19/h5-6,9-12,14-15,21H,2-4,7-8H2,1H3. The molecule has 0 heterocycles. The normalized spacial score (nSPS) is 17.3. The summed E-state index contributed by atoms with van der Waals surface area (Å²) < 4.78 is 0. The first kappa shape index (κ1) is 13.9. The van der Waals surface area contributed by atoms with Crippen LogP contribution >= 0.6 is 0 Å². The maximum Gasteiger partial charge on any atom is 0.0998 e. The van der Waals surface area contributed by atoms with Crippen molar-refractivity contribution < 1.29 is 0 Å². The molecule has 2 aromatic rings. The molecule has 0 bridgehead atoms. The predicted molar refractivity (Wildman–Crippen MR) is 88.3 cm³/mol. The Morgan fingerprint density at radius 1 is 1.05 bits per heavy atom. The first-order valence-corrected chi connectivity index (χ1v) is 7.98. The molecule has 1 atom stereocenters. The lowest BCUT2D eigenvalue weighted by Crippen LogP contribution is -2.27. The highest BCUT2D eigenvalue weighted by atomic mass is 14.9. The molecule has 1 unspecified atom stereocenters. The zero-order chi connectivity index (χ0) is 14.7. The fraction of sp³-hybridized carbons (Fsp3) is 0.421. The Hall–Kier alpha value is -2.01. The topological polar surface area (TPSA) is 35.8 Å². The van der Waals surface area contributed by atoms with Crippen LogP contribution in [0.1, 0.15) is 44.6 Å². The van der Waals surface area contributed by atoms with Crippen LogP contribution in [0.3, 0.4) is 0 Å². The van der Waals surface area contributed by atoms with Gasteiger partial charge in [-0.3, -0.25) is 0 Å². The summed E-state index contributed by atoms with van der Waals surface area (Å²) in [6.45, 7) is 2.29. The summed E-state index contributed by atoms with van der Waals surface area (Å²) in [5.74, 6) is 0.771. The molecule has 0 aromatic heterocycles. The minimum Gasteiger partial charge on any atom is -0.382 e. The summed E-state index contributed by atoms with van der Waals surface area (Å²) in [6.07, 6.45) is 6.80. The predicted octanol–water partition coefficient (Wildman–Crippen LogP) is 5.09. The van der Waals surface area contributed by atoms with Crippen LogP contribution < -0.4 is 5.32 Å². The second kappa shape index (κ2) is 6.18. The number of hydrogen-bond acceptors (Lipinski definition) is 2. The van der Waals surface area contributed by atoms with Crippen molar-refractivity contribution in [1.29, 1.82) is 5.26 Å². The molecule has 21 heavy (non-hydrogen) atoms. The zero-order valence-electron chi connectivity index (χ0n) is 12.6. The van der Waals surface area contributed by atoms with Crippen molar-refractivity contribution in [2.75, 3.05) is 5.32 Å². The van der Waals surface area contributed by atoms with Crippen LogP contribution in [0.25, 0.3) is 10.8 Å². The van der Waals surface area contributed by atoms with Crippen LogP contribution in [-0.2, 0) is 0 Å². The average Bonchev–Trinajstić information content (AvgIpc) is 2.56. The Labute approximate surface area is 126 Å². The molecule has 2 nitrogen and oxygen atoms in total. The summed E-state index contributed by atoms with van der Waals surface area (Å²) in [6, 6.07) is 14.9. The summed E-state index contributed by atoms with van der Waals surface area (Å²) in [7, 11) is 0. The van der Waals surface area contributed by atoms with Crippen molar-refractivity contribution in [2.45, 2.75) is 45.1 Å². The molecular weight excluding hydrogens is 256 g/mol. The van der Waals surface area contributed by atoms with E-state index in [4.69, 9.17) is 0 Å². The van der Waals surface area contributed by atoms with Gasteiger partial charge in [0.05, 0.1) is 11.6 Å². The molecule has 1 aliphatic rings. The van der Waals surface area contributed by atoms with Gasteiger partial charge in [-0.05, 0) is 37.8 Å². The van der Waals surface area contributed by atoms with Gasteiger partial charge in [0.15, 0.2) is 0 Å². The average molecular weight is 278 g/mol. The van der Waals surface area contributed by atoms with Gasteiger partial charge in [0.1, 0.15) is 0 Å². The van der Waals surface area contributed by atoms with Gasteiger partial charge in [0.2, 0.25) is 0 Å². The highest BCUT2D eigenvalue weighted by Gasteiger charge is 2.20. The van der Waals surface area contributed by atoms with Crippen LogP contribution in [0, 0.1) is 17.2 Å². The molecule has 108 valence electrons. The van der Waals surface area contributed by atoms with E-state index in [1.165, 1.54) is 32.1 Å². The molecule has 1 aliphatic carbocycles. The van der Waals surface area contributed by atoms with E-state index in [9.17, 15) is 5.26 Å². The van der Waals surface area contributed by atoms with Crippen LogP contribution in [0.4, 0.5) is 5.69 Å². The Balaban J connectivity index is 1.89. The zero-order valence-corrected chi connectivity index (χ0v) is 12.6. The second-order valence-electron chi connectivity index (χ2n) is 6.15. The van der Waals surface area contributed by atoms with Crippen molar-refractivity contribution in [3.05, 3.63) is 42.0 Å². The minimum atomic E-state index is 0.488. The third-order valence-corrected chi connectivity index (χ3v) is 4.78. The van der Waals surface area contributed by atoms with Gasteiger partial charge in [0, 0.05) is 22.5 Å². The van der Waals surface area contributed by atoms with Gasteiger partial charge in [0.25, 0.3) is 0 Å². The SMILES string of the molecule is CC(Nc1ccc(C#N)c2ccccc12)C1CCCCC1. The van der Waals surface area contributed by atoms with Crippen LogP contribution in [0.15, 0.2) is 36.4 Å². The third-order valence-electron chi connectivity index (χ3n) is 4.78. The molecule has 0 amide bonds. The Morgan fingerprint density at radius 3 is 2.48 bits per heavy atom. The fourth-order valence-corrected chi connectivity index (χ4v) is 3.52. The molecule has 1 saturated carbocycles. The monoisotopic (exact) mass is 278 g/mol. The molecule has 0 radical (unpaired) electrons. The summed E-state index contributed by atoms with van der Waals surface area (Å²) in [5, 5.41) is 15.1. The molecule has 0 saturated heterocycles. The highest BCUT2D eigenvalue weighted by Crippen LogP contribution is 2.31. The van der Waals surface area contributed by atoms with E-state index in [1.54, 1.807) is 0 Å². The molecule has 1 N–H and O–H groups in total. The third kappa shape index (κ3) is 2.88. The number of nitriles is 1. The first-order chi connectivity index (χ1) is 10.3. The molecule has 1 fully saturated rings. The maximum atomic E-state index is 9.24. The number of rotatable bonds is 3. The lowest BCUT2D eigenvalue weighted by Gasteiger charge is -2.29. The number of fused-ring (bicyclic) bond motifs is 1. The highest BCUT2D eigenvalue weighted by molar-refractivity contribution is 5.97. The molecule has 3 rings (SSSR count). The van der Waals surface area contributed by atoms with E-state index in [0.29, 0.717) is 6.04 Å². The van der Waals surface area contributed by atoms with E-state index in [1.807, 2.05) is 24.3 Å². The van der Waals surface area contributed by atoms with Crippen molar-refractivity contribution in [1.82, 2.24) is 0 Å². The fourth-order valence-electron chi connectivity index (χ4n) is 3.52. The van der Waals surface area contributed by atoms with Crippen molar-refractivity contribution in [2.24, 2.45) is 5.92 Å². The van der Waals surface area contributed by atoms with Crippen LogP contribution in [0.2, 0.25) is 0 Å². The Morgan fingerprint density at radius 2 is 1.76 bits per heavy atom. The van der Waals surface area contributed by atoms with Gasteiger partial charge in [-0.2, -0.15) is 5.26 Å².